The molecule has 0 bridgehead atoms. The zero-order chi connectivity index (χ0) is 24.7. The van der Waals surface area contributed by atoms with Gasteiger partial charge in [0.15, 0.2) is 0 Å². The van der Waals surface area contributed by atoms with Gasteiger partial charge in [0.1, 0.15) is 0 Å². The normalized spacial score (nSPS) is 9.41. The van der Waals surface area contributed by atoms with E-state index in [2.05, 4.69) is 33.2 Å². The van der Waals surface area contributed by atoms with Gasteiger partial charge in [0, 0.05) is 18.6 Å². The average molecular weight is 655 g/mol. The number of rotatable bonds is 3. The summed E-state index contributed by atoms with van der Waals surface area (Å²) in [4.78, 5) is 12.7. The fourth-order valence-corrected chi connectivity index (χ4v) is 3.23. The van der Waals surface area contributed by atoms with Gasteiger partial charge in [-0.2, -0.15) is 0 Å². The van der Waals surface area contributed by atoms with Crippen molar-refractivity contribution in [1.82, 2.24) is 15.0 Å². The predicted molar refractivity (Wildman–Crippen MR) is 146 cm³/mol. The fraction of sp³-hybridized carbons (Fsp3) is 0. The topological polar surface area (TPSA) is 38.7 Å². The summed E-state index contributed by atoms with van der Waals surface area (Å²) in [5.74, 6) is 0. The van der Waals surface area contributed by atoms with Gasteiger partial charge in [0.2, 0.25) is 0 Å². The smallest absolute Gasteiger partial charge is 0.345 e. The van der Waals surface area contributed by atoms with Crippen LogP contribution in [0.15, 0.2) is 146 Å². The molecule has 6 aromatic rings. The molecular weight excluding hydrogens is 631 g/mol. The molecule has 0 aliphatic carbocycles. The molecule has 37 heavy (non-hydrogen) atoms. The molecule has 3 heterocycles. The van der Waals surface area contributed by atoms with E-state index in [9.17, 15) is 0 Å². The van der Waals surface area contributed by atoms with Crippen molar-refractivity contribution in [3.8, 4) is 33.8 Å². The Balaban J connectivity index is 0.000000172. The number of hydrogen-bond donors (Lipinski definition) is 0. The van der Waals surface area contributed by atoms with Crippen LogP contribution in [-0.4, -0.2) is 15.0 Å². The van der Waals surface area contributed by atoms with E-state index in [1.807, 2.05) is 127 Å². The maximum atomic E-state index is 4.65. The zero-order valence-corrected chi connectivity index (χ0v) is 22.4. The third kappa shape index (κ3) is 9.05. The van der Waals surface area contributed by atoms with Crippen molar-refractivity contribution in [3.05, 3.63) is 164 Å². The van der Waals surface area contributed by atoms with Crippen LogP contribution in [-0.2, 0) is 20.1 Å². The first-order valence-corrected chi connectivity index (χ1v) is 11.5. The van der Waals surface area contributed by atoms with Gasteiger partial charge < -0.3 is 9.97 Å². The summed E-state index contributed by atoms with van der Waals surface area (Å²) in [5.41, 5.74) is 5.90. The average Bonchev–Trinajstić information content (AvgIpc) is 3.01. The van der Waals surface area contributed by atoms with Crippen molar-refractivity contribution in [2.45, 2.75) is 0 Å². The SMILES string of the molecule is [Ir+3].[c-]1ccccc1-c1cccc(-c2[c-]cccc2)n1.[c-]1ccccc1-c1ccccn1.c1ccncc1. The van der Waals surface area contributed by atoms with Crippen molar-refractivity contribution in [2.24, 2.45) is 0 Å². The third-order valence-corrected chi connectivity index (χ3v) is 4.94. The quantitative estimate of drug-likeness (QED) is 0.184. The second-order valence-electron chi connectivity index (χ2n) is 7.48. The molecule has 0 saturated carbocycles. The molecule has 4 heteroatoms. The molecule has 0 radical (unpaired) electrons. The maximum absolute atomic E-state index is 4.65. The number of pyridine rings is 3. The Labute approximate surface area is 232 Å². The van der Waals surface area contributed by atoms with Gasteiger partial charge in [-0.25, -0.2) is 0 Å². The Morgan fingerprint density at radius 3 is 1.24 bits per heavy atom. The van der Waals surface area contributed by atoms with Crippen LogP contribution >= 0.6 is 0 Å². The molecule has 3 aromatic heterocycles. The Bertz CT molecular complexity index is 1280. The van der Waals surface area contributed by atoms with Crippen molar-refractivity contribution < 1.29 is 20.1 Å². The second kappa shape index (κ2) is 15.7. The van der Waals surface area contributed by atoms with E-state index >= 15 is 0 Å². The van der Waals surface area contributed by atoms with Crippen molar-refractivity contribution >= 4 is 0 Å². The van der Waals surface area contributed by atoms with Crippen LogP contribution in [0.1, 0.15) is 0 Å². The Hall–Kier alpha value is -4.24. The van der Waals surface area contributed by atoms with Crippen LogP contribution in [0, 0.1) is 18.2 Å². The zero-order valence-electron chi connectivity index (χ0n) is 20.0. The number of benzene rings is 3. The molecule has 180 valence electrons. The van der Waals surface area contributed by atoms with E-state index in [0.29, 0.717) is 0 Å². The van der Waals surface area contributed by atoms with Gasteiger partial charge in [-0.15, -0.1) is 108 Å². The Morgan fingerprint density at radius 1 is 0.405 bits per heavy atom. The van der Waals surface area contributed by atoms with Crippen molar-refractivity contribution in [1.29, 1.82) is 0 Å². The molecule has 0 spiro atoms. The third-order valence-electron chi connectivity index (χ3n) is 4.94. The fourth-order valence-electron chi connectivity index (χ4n) is 3.23. The minimum atomic E-state index is 0. The van der Waals surface area contributed by atoms with Gasteiger partial charge in [0.25, 0.3) is 0 Å². The van der Waals surface area contributed by atoms with E-state index in [-0.39, 0.29) is 20.1 Å². The summed E-state index contributed by atoms with van der Waals surface area (Å²) >= 11 is 0. The molecule has 0 aliphatic heterocycles. The van der Waals surface area contributed by atoms with Crippen LogP contribution in [0.3, 0.4) is 0 Å². The molecule has 0 saturated heterocycles. The molecule has 3 aromatic carbocycles. The second-order valence-corrected chi connectivity index (χ2v) is 7.48. The number of nitrogens with zero attached hydrogens (tertiary/aromatic N) is 3. The van der Waals surface area contributed by atoms with Crippen LogP contribution in [0.5, 0.6) is 0 Å². The summed E-state index contributed by atoms with van der Waals surface area (Å²) in [6, 6.07) is 50.7. The van der Waals surface area contributed by atoms with E-state index in [1.54, 1.807) is 18.6 Å². The van der Waals surface area contributed by atoms with Crippen LogP contribution in [0.25, 0.3) is 33.8 Å². The molecule has 0 amide bonds. The van der Waals surface area contributed by atoms with Crippen molar-refractivity contribution in [2.75, 3.05) is 0 Å². The van der Waals surface area contributed by atoms with Gasteiger partial charge in [-0.1, -0.05) is 36.4 Å². The minimum Gasteiger partial charge on any atom is -0.345 e. The van der Waals surface area contributed by atoms with Gasteiger partial charge in [-0.3, -0.25) is 4.98 Å². The first-order valence-electron chi connectivity index (χ1n) is 11.5. The van der Waals surface area contributed by atoms with Crippen LogP contribution in [0.2, 0.25) is 0 Å². The standard InChI is InChI=1S/C17H11N.C11H8N.C5H5N.Ir/c1-3-8-14(9-4-1)16-12-7-13-17(18-16)15-10-5-2-6-11-15;1-2-6-10(7-3-1)11-8-4-5-9-12-11;1-2-4-6-5-3-1;/h1-8,10,12-13H;1-6,8-9H;1-5H;/q-2;-1;;+3. The molecular formula is C33H24IrN3. The summed E-state index contributed by atoms with van der Waals surface area (Å²) in [5, 5.41) is 0. The molecule has 3 nitrogen and oxygen atoms in total. The van der Waals surface area contributed by atoms with Crippen LogP contribution in [0.4, 0.5) is 0 Å². The van der Waals surface area contributed by atoms with Crippen molar-refractivity contribution in [3.63, 3.8) is 0 Å². The van der Waals surface area contributed by atoms with Gasteiger partial charge >= 0.3 is 20.1 Å². The van der Waals surface area contributed by atoms with E-state index < -0.39 is 0 Å². The molecule has 0 aliphatic rings. The monoisotopic (exact) mass is 655 g/mol. The van der Waals surface area contributed by atoms with Gasteiger partial charge in [0.05, 0.1) is 0 Å². The Morgan fingerprint density at radius 2 is 0.865 bits per heavy atom. The molecule has 0 atom stereocenters. The van der Waals surface area contributed by atoms with E-state index in [4.69, 9.17) is 0 Å². The van der Waals surface area contributed by atoms with Crippen LogP contribution < -0.4 is 0 Å². The Kier molecular flexibility index (Phi) is 11.6. The molecule has 0 fully saturated rings. The first-order chi connectivity index (χ1) is 17.9. The predicted octanol–water partition coefficient (Wildman–Crippen LogP) is 7.64. The summed E-state index contributed by atoms with van der Waals surface area (Å²) in [6.07, 6.45) is 5.29. The number of aromatic nitrogens is 3. The largest absolute Gasteiger partial charge is 3.00 e. The summed E-state index contributed by atoms with van der Waals surface area (Å²) < 4.78 is 0. The molecule has 6 rings (SSSR count). The summed E-state index contributed by atoms with van der Waals surface area (Å²) in [6.45, 7) is 0. The molecule has 0 unspecified atom stereocenters. The summed E-state index contributed by atoms with van der Waals surface area (Å²) in [7, 11) is 0. The number of hydrogen-bond acceptors (Lipinski definition) is 3. The first kappa shape index (κ1) is 27.3. The van der Waals surface area contributed by atoms with E-state index in [1.165, 1.54) is 0 Å². The molecule has 0 N–H and O–H groups in total. The maximum Gasteiger partial charge on any atom is 3.00 e. The minimum absolute atomic E-state index is 0. The van der Waals surface area contributed by atoms with Gasteiger partial charge in [-0.05, 0) is 35.3 Å². The van der Waals surface area contributed by atoms with E-state index in [0.717, 1.165) is 33.8 Å².